The van der Waals surface area contributed by atoms with Crippen LogP contribution in [0.15, 0.2) is 39.0 Å². The highest BCUT2D eigenvalue weighted by atomic mass is 32.2. The third kappa shape index (κ3) is 3.88. The summed E-state index contributed by atoms with van der Waals surface area (Å²) in [5.41, 5.74) is 2.07. The third-order valence-electron chi connectivity index (χ3n) is 2.39. The number of aromatic nitrogens is 1. The molecule has 2 rings (SSSR count). The summed E-state index contributed by atoms with van der Waals surface area (Å²) in [4.78, 5) is 8.19. The van der Waals surface area contributed by atoms with Crippen molar-refractivity contribution in [3.8, 4) is 0 Å². The number of rotatable bonds is 5. The first-order valence-electron chi connectivity index (χ1n) is 5.69. The molecule has 1 heterocycles. The minimum Gasteiger partial charge on any atom is -0.247 e. The summed E-state index contributed by atoms with van der Waals surface area (Å²) in [5.74, 6) is 0. The van der Waals surface area contributed by atoms with Gasteiger partial charge in [-0.15, -0.1) is 11.3 Å². The molecule has 0 saturated heterocycles. The quantitative estimate of drug-likeness (QED) is 0.480. The van der Waals surface area contributed by atoms with Crippen molar-refractivity contribution < 1.29 is 4.21 Å². The van der Waals surface area contributed by atoms with E-state index in [4.69, 9.17) is 0 Å². The van der Waals surface area contributed by atoms with Crippen molar-refractivity contribution in [2.24, 2.45) is 4.99 Å². The van der Waals surface area contributed by atoms with Crippen LogP contribution in [0.5, 0.6) is 0 Å². The second-order valence-corrected chi connectivity index (χ2v) is 6.61. The summed E-state index contributed by atoms with van der Waals surface area (Å²) in [7, 11) is -1.19. The van der Waals surface area contributed by atoms with Crippen LogP contribution in [-0.2, 0) is 10.8 Å². The molecule has 1 unspecified atom stereocenters. The predicted octanol–water partition coefficient (Wildman–Crippen LogP) is 3.72. The molecule has 0 aliphatic rings. The van der Waals surface area contributed by atoms with Crippen LogP contribution in [0.4, 0.5) is 0 Å². The molecule has 1 atom stereocenters. The Morgan fingerprint density at radius 2 is 2.42 bits per heavy atom. The van der Waals surface area contributed by atoms with Gasteiger partial charge in [0.1, 0.15) is 10.8 Å². The molecule has 0 aliphatic carbocycles. The Hall–Kier alpha value is -1.20. The van der Waals surface area contributed by atoms with Crippen LogP contribution >= 0.6 is 23.6 Å². The van der Waals surface area contributed by atoms with E-state index in [1.165, 1.54) is 11.3 Å². The molecule has 0 radical (unpaired) electrons. The van der Waals surface area contributed by atoms with Crippen molar-refractivity contribution in [1.29, 1.82) is 0 Å². The normalized spacial score (nSPS) is 12.7. The highest BCUT2D eigenvalue weighted by Gasteiger charge is 2.08. The zero-order valence-electron chi connectivity index (χ0n) is 10.3. The van der Waals surface area contributed by atoms with E-state index < -0.39 is 10.8 Å². The van der Waals surface area contributed by atoms with Crippen molar-refractivity contribution in [2.75, 3.05) is 6.54 Å². The molecule has 0 spiro atoms. The molecule has 0 bridgehead atoms. The smallest absolute Gasteiger partial charge is 0.186 e. The van der Waals surface area contributed by atoms with Gasteiger partial charge in [0.25, 0.3) is 0 Å². The lowest BCUT2D eigenvalue weighted by Crippen LogP contribution is -1.85. The van der Waals surface area contributed by atoms with Gasteiger partial charge in [-0.05, 0) is 43.3 Å². The van der Waals surface area contributed by atoms with Gasteiger partial charge in [-0.25, -0.2) is 14.2 Å². The number of nitrogens with zero attached hydrogens (tertiary/aromatic N) is 2. The first-order chi connectivity index (χ1) is 9.20. The molecule has 6 heteroatoms. The molecular formula is C13H12N2OS3. The van der Waals surface area contributed by atoms with Crippen LogP contribution in [0.3, 0.4) is 0 Å². The van der Waals surface area contributed by atoms with Crippen LogP contribution in [-0.4, -0.2) is 20.9 Å². The fraction of sp³-hybridized carbons (Fsp3) is 0.231. The Morgan fingerprint density at radius 3 is 3.21 bits per heavy atom. The molecule has 0 saturated carbocycles. The van der Waals surface area contributed by atoms with E-state index in [1.807, 2.05) is 31.2 Å². The molecule has 2 aromatic rings. The maximum Gasteiger partial charge on any atom is 0.186 e. The summed E-state index contributed by atoms with van der Waals surface area (Å²) in [6.07, 6.45) is 2.54. The number of fused-ring (bicyclic) bond motifs is 1. The van der Waals surface area contributed by atoms with Gasteiger partial charge in [0.2, 0.25) is 0 Å². The number of hydrogen-bond acceptors (Lipinski definition) is 5. The van der Waals surface area contributed by atoms with Crippen LogP contribution < -0.4 is 0 Å². The van der Waals surface area contributed by atoms with E-state index in [2.05, 4.69) is 27.4 Å². The van der Waals surface area contributed by atoms with Gasteiger partial charge < -0.3 is 0 Å². The van der Waals surface area contributed by atoms with Crippen molar-refractivity contribution in [2.45, 2.75) is 17.7 Å². The Morgan fingerprint density at radius 1 is 1.58 bits per heavy atom. The minimum atomic E-state index is -1.19. The van der Waals surface area contributed by atoms with Gasteiger partial charge >= 0.3 is 0 Å². The molecule has 1 aromatic carbocycles. The topological polar surface area (TPSA) is 42.3 Å². The van der Waals surface area contributed by atoms with E-state index in [0.717, 1.165) is 15.8 Å². The van der Waals surface area contributed by atoms with E-state index in [0.29, 0.717) is 17.3 Å². The molecule has 0 fully saturated rings. The second kappa shape index (κ2) is 6.82. The van der Waals surface area contributed by atoms with Crippen molar-refractivity contribution >= 4 is 49.7 Å². The zero-order valence-corrected chi connectivity index (χ0v) is 12.8. The lowest BCUT2D eigenvalue weighted by molar-refractivity contribution is 0.688. The first-order valence-corrected chi connectivity index (χ1v) is 8.12. The molecule has 0 amide bonds. The number of aliphatic imine (C=N–C) groups is 1. The number of thiazole rings is 1. The average Bonchev–Trinajstić information content (AvgIpc) is 2.81. The van der Waals surface area contributed by atoms with Gasteiger partial charge in [-0.2, -0.15) is 0 Å². The van der Waals surface area contributed by atoms with Crippen molar-refractivity contribution in [1.82, 2.24) is 4.98 Å². The number of aryl methyl sites for hydroxylation is 1. The fourth-order valence-electron chi connectivity index (χ4n) is 1.50. The standard InChI is InChI=1S/C13H12N2OS3/c1-10-4-5-12-11(8-10)15-13(18-12)19(16)7-3-2-6-14-9-17/h3-5,7-8H,2,6H2,1H3/b7-3+. The molecule has 98 valence electrons. The molecule has 1 aromatic heterocycles. The summed E-state index contributed by atoms with van der Waals surface area (Å²) in [6, 6.07) is 6.05. The van der Waals surface area contributed by atoms with Gasteiger partial charge in [-0.1, -0.05) is 12.1 Å². The minimum absolute atomic E-state index is 0.580. The summed E-state index contributed by atoms with van der Waals surface area (Å²) < 4.78 is 13.7. The largest absolute Gasteiger partial charge is 0.247 e. The van der Waals surface area contributed by atoms with Crippen molar-refractivity contribution in [3.63, 3.8) is 0 Å². The summed E-state index contributed by atoms with van der Waals surface area (Å²) in [6.45, 7) is 2.60. The molecule has 0 aliphatic heterocycles. The second-order valence-electron chi connectivity index (χ2n) is 3.88. The van der Waals surface area contributed by atoms with E-state index in [-0.39, 0.29) is 0 Å². The lowest BCUT2D eigenvalue weighted by atomic mass is 10.2. The average molecular weight is 308 g/mol. The van der Waals surface area contributed by atoms with Crippen molar-refractivity contribution in [3.05, 3.63) is 35.2 Å². The Balaban J connectivity index is 2.11. The Bertz CT molecular complexity index is 684. The van der Waals surface area contributed by atoms with Crippen LogP contribution in [0.25, 0.3) is 10.2 Å². The fourth-order valence-corrected chi connectivity index (χ4v) is 3.65. The zero-order chi connectivity index (χ0) is 13.7. The summed E-state index contributed by atoms with van der Waals surface area (Å²) >= 11 is 5.94. The first kappa shape index (κ1) is 14.2. The van der Waals surface area contributed by atoms with E-state index >= 15 is 0 Å². The molecule has 19 heavy (non-hydrogen) atoms. The summed E-state index contributed by atoms with van der Waals surface area (Å²) in [5, 5.41) is 3.96. The molecular weight excluding hydrogens is 296 g/mol. The Kier molecular flexibility index (Phi) is 5.10. The number of thiocarbonyl (C=S) groups is 1. The highest BCUT2D eigenvalue weighted by molar-refractivity contribution is 7.90. The monoisotopic (exact) mass is 308 g/mol. The lowest BCUT2D eigenvalue weighted by Gasteiger charge is -1.89. The number of benzene rings is 1. The highest BCUT2D eigenvalue weighted by Crippen LogP contribution is 2.25. The Labute approximate surface area is 123 Å². The number of hydrogen-bond donors (Lipinski definition) is 0. The maximum absolute atomic E-state index is 12.0. The van der Waals surface area contributed by atoms with Gasteiger partial charge in [0.05, 0.1) is 21.9 Å². The maximum atomic E-state index is 12.0. The van der Waals surface area contributed by atoms with Gasteiger partial charge in [0, 0.05) is 5.41 Å². The van der Waals surface area contributed by atoms with Gasteiger partial charge in [0.15, 0.2) is 4.34 Å². The van der Waals surface area contributed by atoms with Gasteiger partial charge in [-0.3, -0.25) is 0 Å². The van der Waals surface area contributed by atoms with Crippen LogP contribution in [0.2, 0.25) is 0 Å². The molecule has 3 nitrogen and oxygen atoms in total. The van der Waals surface area contributed by atoms with E-state index in [1.54, 1.807) is 5.41 Å². The number of isothiocyanates is 1. The third-order valence-corrected chi connectivity index (χ3v) is 4.97. The molecule has 0 N–H and O–H groups in total. The van der Waals surface area contributed by atoms with E-state index in [9.17, 15) is 4.21 Å². The van der Waals surface area contributed by atoms with Crippen LogP contribution in [0, 0.1) is 6.92 Å². The SMILES string of the molecule is Cc1ccc2sc(S(=O)/C=C/CCN=C=S)nc2c1. The predicted molar refractivity (Wildman–Crippen MR) is 84.4 cm³/mol. The van der Waals surface area contributed by atoms with Crippen LogP contribution in [0.1, 0.15) is 12.0 Å².